The zero-order valence-electron chi connectivity index (χ0n) is 13.1. The largest absolute Gasteiger partial charge is 0.496 e. The van der Waals surface area contributed by atoms with Gasteiger partial charge in [-0.05, 0) is 49.5 Å². The van der Waals surface area contributed by atoms with Gasteiger partial charge < -0.3 is 9.47 Å². The SMILES string of the molecule is CCCCCCOc1ccc(C(OC)=C2CCC2)cc1Cl. The number of benzene rings is 1. The maximum absolute atomic E-state index is 6.33. The molecule has 3 heteroatoms. The van der Waals surface area contributed by atoms with Crippen LogP contribution in [-0.4, -0.2) is 13.7 Å². The van der Waals surface area contributed by atoms with Gasteiger partial charge >= 0.3 is 0 Å². The maximum atomic E-state index is 6.33. The molecule has 1 aromatic carbocycles. The molecule has 0 bridgehead atoms. The molecule has 0 spiro atoms. The van der Waals surface area contributed by atoms with E-state index in [2.05, 4.69) is 6.92 Å². The Balaban J connectivity index is 1.97. The summed E-state index contributed by atoms with van der Waals surface area (Å²) in [5.74, 6) is 1.75. The molecule has 0 aliphatic heterocycles. The second-order valence-corrected chi connectivity index (χ2v) is 5.95. The minimum Gasteiger partial charge on any atom is -0.496 e. The highest BCUT2D eigenvalue weighted by Crippen LogP contribution is 2.36. The number of allylic oxidation sites excluding steroid dienone is 1. The molecule has 0 heterocycles. The molecule has 2 rings (SSSR count). The smallest absolute Gasteiger partial charge is 0.137 e. The molecule has 2 nitrogen and oxygen atoms in total. The minimum atomic E-state index is 0.664. The lowest BCUT2D eigenvalue weighted by atomic mass is 9.89. The maximum Gasteiger partial charge on any atom is 0.137 e. The number of halogens is 1. The lowest BCUT2D eigenvalue weighted by Crippen LogP contribution is -2.03. The molecular weight excluding hydrogens is 284 g/mol. The molecule has 0 radical (unpaired) electrons. The first kappa shape index (κ1) is 16.2. The summed E-state index contributed by atoms with van der Waals surface area (Å²) in [5.41, 5.74) is 2.44. The Labute approximate surface area is 133 Å². The Bertz CT molecular complexity index is 488. The summed E-state index contributed by atoms with van der Waals surface area (Å²) < 4.78 is 11.3. The number of ether oxygens (including phenoxy) is 2. The van der Waals surface area contributed by atoms with E-state index in [1.807, 2.05) is 18.2 Å². The van der Waals surface area contributed by atoms with Gasteiger partial charge in [-0.15, -0.1) is 0 Å². The van der Waals surface area contributed by atoms with Crippen LogP contribution in [0.25, 0.3) is 5.76 Å². The van der Waals surface area contributed by atoms with Crippen molar-refractivity contribution in [2.24, 2.45) is 0 Å². The second kappa shape index (κ2) is 8.33. The Morgan fingerprint density at radius 3 is 2.57 bits per heavy atom. The number of hydrogen-bond acceptors (Lipinski definition) is 2. The van der Waals surface area contributed by atoms with Gasteiger partial charge in [0.1, 0.15) is 11.5 Å². The monoisotopic (exact) mass is 308 g/mol. The lowest BCUT2D eigenvalue weighted by molar-refractivity contribution is 0.305. The van der Waals surface area contributed by atoms with Crippen molar-refractivity contribution in [2.45, 2.75) is 51.9 Å². The highest BCUT2D eigenvalue weighted by molar-refractivity contribution is 6.32. The number of methoxy groups -OCH3 is 1. The van der Waals surface area contributed by atoms with Crippen molar-refractivity contribution in [3.8, 4) is 5.75 Å². The molecule has 1 aliphatic rings. The average Bonchev–Trinajstić information content (AvgIpc) is 2.44. The van der Waals surface area contributed by atoms with E-state index in [-0.39, 0.29) is 0 Å². The van der Waals surface area contributed by atoms with Crippen LogP contribution in [-0.2, 0) is 4.74 Å². The second-order valence-electron chi connectivity index (χ2n) is 5.54. The van der Waals surface area contributed by atoms with Crippen LogP contribution >= 0.6 is 11.6 Å². The van der Waals surface area contributed by atoms with Crippen molar-refractivity contribution in [3.63, 3.8) is 0 Å². The third kappa shape index (κ3) is 4.41. The highest BCUT2D eigenvalue weighted by Gasteiger charge is 2.17. The summed E-state index contributed by atoms with van der Waals surface area (Å²) >= 11 is 6.33. The lowest BCUT2D eigenvalue weighted by Gasteiger charge is -2.21. The molecule has 0 saturated heterocycles. The van der Waals surface area contributed by atoms with Crippen LogP contribution in [0.5, 0.6) is 5.75 Å². The van der Waals surface area contributed by atoms with E-state index < -0.39 is 0 Å². The van der Waals surface area contributed by atoms with Gasteiger partial charge in [0.15, 0.2) is 0 Å². The van der Waals surface area contributed by atoms with Crippen molar-refractivity contribution >= 4 is 17.4 Å². The van der Waals surface area contributed by atoms with Gasteiger partial charge in [-0.3, -0.25) is 0 Å². The predicted octanol–water partition coefficient (Wildman–Crippen LogP) is 5.84. The highest BCUT2D eigenvalue weighted by atomic mass is 35.5. The van der Waals surface area contributed by atoms with E-state index in [1.165, 1.54) is 31.3 Å². The molecule has 0 N–H and O–H groups in total. The van der Waals surface area contributed by atoms with Gasteiger partial charge in [-0.2, -0.15) is 0 Å². The summed E-state index contributed by atoms with van der Waals surface area (Å²) in [6.45, 7) is 2.94. The normalized spacial score (nSPS) is 13.8. The third-order valence-corrected chi connectivity index (χ3v) is 4.23. The van der Waals surface area contributed by atoms with Crippen LogP contribution in [0.3, 0.4) is 0 Å². The Hall–Kier alpha value is -1.15. The first-order chi connectivity index (χ1) is 10.3. The number of hydrogen-bond donors (Lipinski definition) is 0. The minimum absolute atomic E-state index is 0.664. The van der Waals surface area contributed by atoms with E-state index in [9.17, 15) is 0 Å². The van der Waals surface area contributed by atoms with E-state index in [4.69, 9.17) is 21.1 Å². The van der Waals surface area contributed by atoms with Crippen molar-refractivity contribution < 1.29 is 9.47 Å². The van der Waals surface area contributed by atoms with Crippen LogP contribution in [0.15, 0.2) is 23.8 Å². The molecule has 0 aromatic heterocycles. The van der Waals surface area contributed by atoms with Crippen molar-refractivity contribution in [3.05, 3.63) is 34.4 Å². The molecule has 116 valence electrons. The van der Waals surface area contributed by atoms with Gasteiger partial charge in [0, 0.05) is 5.56 Å². The quantitative estimate of drug-likeness (QED) is 0.443. The van der Waals surface area contributed by atoms with Crippen LogP contribution < -0.4 is 4.74 Å². The zero-order chi connectivity index (χ0) is 15.1. The standard InChI is InChI=1S/C18H25ClO2/c1-3-4-5-6-12-21-17-11-10-15(13-16(17)19)18(20-2)14-8-7-9-14/h10-11,13H,3-9,12H2,1-2H3. The van der Waals surface area contributed by atoms with Gasteiger partial charge in [-0.1, -0.05) is 37.8 Å². The van der Waals surface area contributed by atoms with E-state index in [0.717, 1.165) is 42.9 Å². The van der Waals surface area contributed by atoms with Crippen molar-refractivity contribution in [1.29, 1.82) is 0 Å². The van der Waals surface area contributed by atoms with Crippen LogP contribution in [0.2, 0.25) is 5.02 Å². The molecule has 1 fully saturated rings. The summed E-state index contributed by atoms with van der Waals surface area (Å²) in [5, 5.41) is 0.664. The van der Waals surface area contributed by atoms with E-state index >= 15 is 0 Å². The fraction of sp³-hybridized carbons (Fsp3) is 0.556. The van der Waals surface area contributed by atoms with Gasteiger partial charge in [-0.25, -0.2) is 0 Å². The molecule has 0 unspecified atom stereocenters. The van der Waals surface area contributed by atoms with E-state index in [0.29, 0.717) is 5.02 Å². The van der Waals surface area contributed by atoms with Gasteiger partial charge in [0.25, 0.3) is 0 Å². The predicted molar refractivity (Wildman–Crippen MR) is 88.9 cm³/mol. The number of rotatable bonds is 8. The van der Waals surface area contributed by atoms with Crippen LogP contribution in [0.4, 0.5) is 0 Å². The molecule has 1 saturated carbocycles. The topological polar surface area (TPSA) is 18.5 Å². The molecule has 1 aliphatic carbocycles. The average molecular weight is 309 g/mol. The van der Waals surface area contributed by atoms with Crippen LogP contribution in [0, 0.1) is 0 Å². The fourth-order valence-corrected chi connectivity index (χ4v) is 2.75. The Morgan fingerprint density at radius 1 is 1.19 bits per heavy atom. The van der Waals surface area contributed by atoms with Gasteiger partial charge in [0.05, 0.1) is 18.7 Å². The van der Waals surface area contributed by atoms with Gasteiger partial charge in [0.2, 0.25) is 0 Å². The molecule has 0 amide bonds. The summed E-state index contributed by atoms with van der Waals surface area (Å²) in [4.78, 5) is 0. The first-order valence-corrected chi connectivity index (χ1v) is 8.32. The molecular formula is C18H25ClO2. The summed E-state index contributed by atoms with van der Waals surface area (Å²) in [6, 6.07) is 5.94. The van der Waals surface area contributed by atoms with Crippen molar-refractivity contribution in [1.82, 2.24) is 0 Å². The third-order valence-electron chi connectivity index (χ3n) is 3.93. The first-order valence-electron chi connectivity index (χ1n) is 7.95. The molecule has 21 heavy (non-hydrogen) atoms. The molecule has 0 atom stereocenters. The van der Waals surface area contributed by atoms with E-state index in [1.54, 1.807) is 7.11 Å². The molecule has 1 aromatic rings. The zero-order valence-corrected chi connectivity index (χ0v) is 13.8. The van der Waals surface area contributed by atoms with Crippen LogP contribution in [0.1, 0.15) is 57.4 Å². The Kier molecular flexibility index (Phi) is 6.44. The summed E-state index contributed by atoms with van der Waals surface area (Å²) in [6.07, 6.45) is 8.33. The Morgan fingerprint density at radius 2 is 2.00 bits per heavy atom. The fourth-order valence-electron chi connectivity index (χ4n) is 2.52. The summed E-state index contributed by atoms with van der Waals surface area (Å²) in [7, 11) is 1.73. The van der Waals surface area contributed by atoms with Crippen molar-refractivity contribution in [2.75, 3.05) is 13.7 Å². The number of unbranched alkanes of at least 4 members (excludes halogenated alkanes) is 3.